The van der Waals surface area contributed by atoms with Gasteiger partial charge >= 0.3 is 0 Å². The molecule has 0 fully saturated rings. The summed E-state index contributed by atoms with van der Waals surface area (Å²) in [6.45, 7) is 6.47. The van der Waals surface area contributed by atoms with Crippen molar-refractivity contribution in [3.8, 4) is 0 Å². The third kappa shape index (κ3) is 3.36. The van der Waals surface area contributed by atoms with Crippen LogP contribution >= 0.6 is 43.2 Å². The fourth-order valence-corrected chi connectivity index (χ4v) is 3.91. The summed E-state index contributed by atoms with van der Waals surface area (Å²) in [6, 6.07) is 9.58. The first kappa shape index (κ1) is 14.9. The van der Waals surface area contributed by atoms with Crippen molar-refractivity contribution in [3.05, 3.63) is 54.6 Å². The van der Waals surface area contributed by atoms with E-state index in [-0.39, 0.29) is 11.2 Å². The van der Waals surface area contributed by atoms with Crippen LogP contribution in [-0.4, -0.2) is 5.78 Å². The van der Waals surface area contributed by atoms with Crippen molar-refractivity contribution >= 4 is 49.0 Å². The minimum absolute atomic E-state index is 0.0693. The second-order valence-corrected chi connectivity index (χ2v) is 8.22. The van der Waals surface area contributed by atoms with Gasteiger partial charge in [0, 0.05) is 19.4 Å². The maximum Gasteiger partial charge on any atom is 0.204 e. The largest absolute Gasteiger partial charge is 0.288 e. The van der Waals surface area contributed by atoms with Crippen LogP contribution in [0, 0.1) is 0 Å². The molecular weight excluding hydrogens is 388 g/mol. The van der Waals surface area contributed by atoms with Gasteiger partial charge in [0.2, 0.25) is 5.78 Å². The van der Waals surface area contributed by atoms with Gasteiger partial charge in [-0.05, 0) is 51.7 Å². The van der Waals surface area contributed by atoms with Crippen LogP contribution in [0.2, 0.25) is 0 Å². The Labute approximate surface area is 134 Å². The molecule has 0 N–H and O–H groups in total. The van der Waals surface area contributed by atoms with Crippen LogP contribution in [0.15, 0.2) is 39.3 Å². The zero-order valence-electron chi connectivity index (χ0n) is 11.0. The average Bonchev–Trinajstić information content (AvgIpc) is 2.76. The van der Waals surface area contributed by atoms with E-state index in [0.29, 0.717) is 5.56 Å². The molecule has 0 aliphatic carbocycles. The van der Waals surface area contributed by atoms with Crippen LogP contribution < -0.4 is 0 Å². The summed E-state index contributed by atoms with van der Waals surface area (Å²) >= 11 is 8.41. The molecule has 0 unspecified atom stereocenters. The highest BCUT2D eigenvalue weighted by Crippen LogP contribution is 2.32. The van der Waals surface area contributed by atoms with Crippen molar-refractivity contribution in [2.45, 2.75) is 26.2 Å². The van der Waals surface area contributed by atoms with Crippen LogP contribution in [0.25, 0.3) is 0 Å². The fraction of sp³-hybridized carbons (Fsp3) is 0.267. The summed E-state index contributed by atoms with van der Waals surface area (Å²) in [5, 5.41) is 0. The van der Waals surface area contributed by atoms with Gasteiger partial charge in [-0.15, -0.1) is 11.3 Å². The van der Waals surface area contributed by atoms with Crippen LogP contribution in [0.3, 0.4) is 0 Å². The van der Waals surface area contributed by atoms with Gasteiger partial charge in [-0.25, -0.2) is 0 Å². The Morgan fingerprint density at radius 1 is 1.11 bits per heavy atom. The Morgan fingerprint density at radius 3 is 2.32 bits per heavy atom. The Kier molecular flexibility index (Phi) is 4.33. The standard InChI is InChI=1S/C15H14Br2OS/c1-15(2,3)13-7-6-12(19-13)14(18)10-5-4-9(16)8-11(10)17/h4-8H,1-3H3. The first-order chi connectivity index (χ1) is 8.79. The summed E-state index contributed by atoms with van der Waals surface area (Å²) in [7, 11) is 0. The molecule has 0 atom stereocenters. The minimum Gasteiger partial charge on any atom is -0.288 e. The molecular formula is C15H14Br2OS. The second-order valence-electron chi connectivity index (χ2n) is 5.37. The van der Waals surface area contributed by atoms with E-state index in [9.17, 15) is 4.79 Å². The molecule has 1 aromatic heterocycles. The number of ketones is 1. The molecule has 0 radical (unpaired) electrons. The molecule has 19 heavy (non-hydrogen) atoms. The second kappa shape index (κ2) is 5.51. The lowest BCUT2D eigenvalue weighted by Gasteiger charge is -2.15. The summed E-state index contributed by atoms with van der Waals surface area (Å²) < 4.78 is 1.77. The summed E-state index contributed by atoms with van der Waals surface area (Å²) in [4.78, 5) is 14.5. The number of thiophene rings is 1. The Morgan fingerprint density at radius 2 is 1.79 bits per heavy atom. The average molecular weight is 402 g/mol. The first-order valence-electron chi connectivity index (χ1n) is 5.89. The third-order valence-corrected chi connectivity index (χ3v) is 5.40. The lowest BCUT2D eigenvalue weighted by molar-refractivity contribution is 0.104. The van der Waals surface area contributed by atoms with Gasteiger partial charge < -0.3 is 0 Å². The van der Waals surface area contributed by atoms with E-state index in [2.05, 4.69) is 52.6 Å². The Bertz CT molecular complexity index is 623. The molecule has 2 aromatic rings. The summed E-state index contributed by atoms with van der Waals surface area (Å²) in [5.41, 5.74) is 0.783. The van der Waals surface area contributed by atoms with Crippen molar-refractivity contribution in [1.82, 2.24) is 0 Å². The number of rotatable bonds is 2. The van der Waals surface area contributed by atoms with Gasteiger partial charge in [0.05, 0.1) is 4.88 Å². The maximum absolute atomic E-state index is 12.5. The first-order valence-corrected chi connectivity index (χ1v) is 8.29. The Balaban J connectivity index is 2.37. The number of carbonyl (C=O) groups excluding carboxylic acids is 1. The zero-order chi connectivity index (χ0) is 14.2. The fourth-order valence-electron chi connectivity index (χ4n) is 1.67. The molecule has 0 aliphatic rings. The summed E-state index contributed by atoms with van der Waals surface area (Å²) in [5.74, 6) is 0.0693. The van der Waals surface area contributed by atoms with Gasteiger partial charge in [-0.3, -0.25) is 4.79 Å². The van der Waals surface area contributed by atoms with E-state index in [1.54, 1.807) is 11.3 Å². The lowest BCUT2D eigenvalue weighted by Crippen LogP contribution is -2.08. The number of hydrogen-bond acceptors (Lipinski definition) is 2. The third-order valence-electron chi connectivity index (χ3n) is 2.74. The Hall–Kier alpha value is -0.450. The van der Waals surface area contributed by atoms with Crippen molar-refractivity contribution in [2.75, 3.05) is 0 Å². The highest BCUT2D eigenvalue weighted by molar-refractivity contribution is 9.11. The smallest absolute Gasteiger partial charge is 0.204 e. The molecule has 0 aliphatic heterocycles. The minimum atomic E-state index is 0.0693. The van der Waals surface area contributed by atoms with Crippen molar-refractivity contribution in [3.63, 3.8) is 0 Å². The molecule has 0 saturated carbocycles. The van der Waals surface area contributed by atoms with Crippen molar-refractivity contribution in [2.24, 2.45) is 0 Å². The normalized spacial score (nSPS) is 11.6. The number of benzene rings is 1. The number of hydrogen-bond donors (Lipinski definition) is 0. The molecule has 4 heteroatoms. The van der Waals surface area contributed by atoms with Gasteiger partial charge in [-0.1, -0.05) is 36.7 Å². The highest BCUT2D eigenvalue weighted by atomic mass is 79.9. The van der Waals surface area contributed by atoms with Crippen molar-refractivity contribution in [1.29, 1.82) is 0 Å². The monoisotopic (exact) mass is 400 g/mol. The molecule has 0 amide bonds. The predicted molar refractivity (Wildman–Crippen MR) is 88.3 cm³/mol. The van der Waals surface area contributed by atoms with Crippen molar-refractivity contribution < 1.29 is 4.79 Å². The lowest BCUT2D eigenvalue weighted by atomic mass is 9.95. The molecule has 0 saturated heterocycles. The summed E-state index contributed by atoms with van der Waals surface area (Å²) in [6.07, 6.45) is 0. The molecule has 1 nitrogen and oxygen atoms in total. The molecule has 0 spiro atoms. The molecule has 1 heterocycles. The highest BCUT2D eigenvalue weighted by Gasteiger charge is 2.20. The number of carbonyl (C=O) groups is 1. The van der Waals surface area contributed by atoms with Crippen LogP contribution in [0.5, 0.6) is 0 Å². The zero-order valence-corrected chi connectivity index (χ0v) is 14.9. The van der Waals surface area contributed by atoms with E-state index in [1.165, 1.54) is 4.88 Å². The van der Waals surface area contributed by atoms with E-state index in [0.717, 1.165) is 13.8 Å². The molecule has 1 aromatic carbocycles. The number of halogens is 2. The predicted octanol–water partition coefficient (Wildman–Crippen LogP) is 5.80. The van der Waals surface area contributed by atoms with E-state index < -0.39 is 0 Å². The molecule has 0 bridgehead atoms. The van der Waals surface area contributed by atoms with E-state index >= 15 is 0 Å². The van der Waals surface area contributed by atoms with Gasteiger partial charge in [0.1, 0.15) is 0 Å². The molecule has 100 valence electrons. The van der Waals surface area contributed by atoms with Gasteiger partial charge in [-0.2, -0.15) is 0 Å². The van der Waals surface area contributed by atoms with Gasteiger partial charge in [0.15, 0.2) is 0 Å². The topological polar surface area (TPSA) is 17.1 Å². The quantitative estimate of drug-likeness (QED) is 0.581. The van der Waals surface area contributed by atoms with Crippen LogP contribution in [0.1, 0.15) is 40.9 Å². The van der Waals surface area contributed by atoms with Crippen LogP contribution in [-0.2, 0) is 5.41 Å². The SMILES string of the molecule is CC(C)(C)c1ccc(C(=O)c2ccc(Br)cc2Br)s1. The van der Waals surface area contributed by atoms with Crippen LogP contribution in [0.4, 0.5) is 0 Å². The van der Waals surface area contributed by atoms with Gasteiger partial charge in [0.25, 0.3) is 0 Å². The molecule has 2 rings (SSSR count). The van der Waals surface area contributed by atoms with E-state index in [4.69, 9.17) is 0 Å². The maximum atomic E-state index is 12.5. The van der Waals surface area contributed by atoms with E-state index in [1.807, 2.05) is 30.3 Å².